The van der Waals surface area contributed by atoms with Gasteiger partial charge in [0.05, 0.1) is 5.92 Å². The van der Waals surface area contributed by atoms with Crippen LogP contribution in [-0.2, 0) is 4.79 Å². The van der Waals surface area contributed by atoms with Gasteiger partial charge >= 0.3 is 5.97 Å². The van der Waals surface area contributed by atoms with Crippen molar-refractivity contribution in [3.8, 4) is 0 Å². The van der Waals surface area contributed by atoms with Crippen molar-refractivity contribution in [2.45, 2.75) is 24.5 Å². The van der Waals surface area contributed by atoms with Gasteiger partial charge in [0, 0.05) is 17.8 Å². The average Bonchev–Trinajstić information content (AvgIpc) is 2.35. The summed E-state index contributed by atoms with van der Waals surface area (Å²) in [4.78, 5) is 11.3. The molecule has 0 radical (unpaired) electrons. The highest BCUT2D eigenvalue weighted by Crippen LogP contribution is 2.20. The molecule has 1 unspecified atom stereocenters. The fourth-order valence-corrected chi connectivity index (χ4v) is 1.87. The first-order valence-electron chi connectivity index (χ1n) is 6.00. The van der Waals surface area contributed by atoms with E-state index < -0.39 is 11.9 Å². The minimum absolute atomic E-state index is 0.125. The van der Waals surface area contributed by atoms with Gasteiger partial charge in [-0.15, -0.1) is 0 Å². The van der Waals surface area contributed by atoms with Gasteiger partial charge in [-0.2, -0.15) is 11.8 Å². The number of carboxylic acids is 1. The van der Waals surface area contributed by atoms with Gasteiger partial charge in [-0.1, -0.05) is 30.3 Å². The van der Waals surface area contributed by atoms with Crippen LogP contribution in [0.1, 0.15) is 25.3 Å². The lowest BCUT2D eigenvalue weighted by molar-refractivity contribution is -0.138. The molecule has 0 aliphatic carbocycles. The molecule has 1 aromatic carbocycles. The van der Waals surface area contributed by atoms with E-state index in [0.29, 0.717) is 6.54 Å². The van der Waals surface area contributed by atoms with Crippen LogP contribution in [0.15, 0.2) is 30.3 Å². The third-order valence-corrected chi connectivity index (χ3v) is 4.20. The van der Waals surface area contributed by atoms with Crippen LogP contribution >= 0.6 is 11.8 Å². The van der Waals surface area contributed by atoms with Crippen LogP contribution in [0.25, 0.3) is 0 Å². The van der Waals surface area contributed by atoms with Crippen LogP contribution in [-0.4, -0.2) is 35.2 Å². The van der Waals surface area contributed by atoms with Crippen LogP contribution in [0.5, 0.6) is 0 Å². The largest absolute Gasteiger partial charge is 0.481 e. The number of thioether (sulfide) groups is 1. The molecule has 0 amide bonds. The maximum atomic E-state index is 11.3. The number of carboxylic acid groups (broad SMARTS) is 1. The molecular formula is C14H21NO2S. The Kier molecular flexibility index (Phi) is 5.69. The van der Waals surface area contributed by atoms with Crippen molar-refractivity contribution in [2.24, 2.45) is 0 Å². The second-order valence-corrected chi connectivity index (χ2v) is 6.41. The van der Waals surface area contributed by atoms with E-state index in [-0.39, 0.29) is 4.75 Å². The van der Waals surface area contributed by atoms with Crippen LogP contribution in [0.3, 0.4) is 0 Å². The van der Waals surface area contributed by atoms with Crippen LogP contribution in [0.2, 0.25) is 0 Å². The van der Waals surface area contributed by atoms with Gasteiger partial charge in [0.25, 0.3) is 0 Å². The molecule has 0 heterocycles. The summed E-state index contributed by atoms with van der Waals surface area (Å²) in [6.07, 6.45) is 2.06. The third-order valence-electron chi connectivity index (χ3n) is 2.95. The zero-order chi connectivity index (χ0) is 13.6. The molecule has 2 N–H and O–H groups in total. The van der Waals surface area contributed by atoms with E-state index in [9.17, 15) is 9.90 Å². The molecule has 100 valence electrons. The Bertz CT molecular complexity index is 379. The van der Waals surface area contributed by atoms with Crippen molar-refractivity contribution in [1.29, 1.82) is 0 Å². The summed E-state index contributed by atoms with van der Waals surface area (Å²) >= 11 is 1.77. The van der Waals surface area contributed by atoms with E-state index in [2.05, 4.69) is 25.4 Å². The number of nitrogens with one attached hydrogen (secondary N) is 1. The summed E-state index contributed by atoms with van der Waals surface area (Å²) in [5.41, 5.74) is 0.847. The van der Waals surface area contributed by atoms with Gasteiger partial charge in [-0.05, 0) is 25.7 Å². The molecule has 0 aromatic heterocycles. The van der Waals surface area contributed by atoms with Gasteiger partial charge < -0.3 is 10.4 Å². The molecule has 0 fully saturated rings. The Balaban J connectivity index is 2.58. The van der Waals surface area contributed by atoms with Gasteiger partial charge in [0.1, 0.15) is 0 Å². The number of benzene rings is 1. The molecular weight excluding hydrogens is 246 g/mol. The number of carbonyl (C=O) groups is 1. The predicted molar refractivity (Wildman–Crippen MR) is 77.3 cm³/mol. The summed E-state index contributed by atoms with van der Waals surface area (Å²) in [6.45, 7) is 5.54. The molecule has 0 aliphatic heterocycles. The maximum absolute atomic E-state index is 11.3. The van der Waals surface area contributed by atoms with Gasteiger partial charge in [0.2, 0.25) is 0 Å². The van der Waals surface area contributed by atoms with Gasteiger partial charge in [-0.25, -0.2) is 0 Å². The molecule has 4 heteroatoms. The van der Waals surface area contributed by atoms with Crippen molar-refractivity contribution in [3.63, 3.8) is 0 Å². The summed E-state index contributed by atoms with van der Waals surface area (Å²) in [6, 6.07) is 9.36. The number of hydrogen-bond acceptors (Lipinski definition) is 3. The summed E-state index contributed by atoms with van der Waals surface area (Å²) in [5, 5.41) is 12.5. The van der Waals surface area contributed by atoms with E-state index in [0.717, 1.165) is 12.1 Å². The normalized spacial score (nSPS) is 13.3. The molecule has 1 atom stereocenters. The number of aliphatic carboxylic acids is 1. The van der Waals surface area contributed by atoms with E-state index in [1.165, 1.54) is 0 Å². The first-order chi connectivity index (χ1) is 8.46. The second-order valence-electron chi connectivity index (χ2n) is 4.90. The highest BCUT2D eigenvalue weighted by molar-refractivity contribution is 7.99. The molecule has 0 saturated heterocycles. The smallest absolute Gasteiger partial charge is 0.312 e. The van der Waals surface area contributed by atoms with Crippen molar-refractivity contribution in [3.05, 3.63) is 35.9 Å². The van der Waals surface area contributed by atoms with Crippen molar-refractivity contribution >= 4 is 17.7 Å². The highest BCUT2D eigenvalue weighted by Gasteiger charge is 2.21. The molecule has 1 aromatic rings. The SMILES string of the molecule is CSC(C)(C)CNCC(C(=O)O)c1ccccc1. The van der Waals surface area contributed by atoms with Crippen LogP contribution < -0.4 is 5.32 Å². The average molecular weight is 267 g/mol. The first-order valence-corrected chi connectivity index (χ1v) is 7.22. The quantitative estimate of drug-likeness (QED) is 0.797. The zero-order valence-electron chi connectivity index (χ0n) is 11.1. The molecule has 1 rings (SSSR count). The molecule has 0 spiro atoms. The number of hydrogen-bond donors (Lipinski definition) is 2. The third kappa shape index (κ3) is 4.70. The first kappa shape index (κ1) is 15.1. The summed E-state index contributed by atoms with van der Waals surface area (Å²) in [7, 11) is 0. The molecule has 0 aliphatic rings. The minimum atomic E-state index is -0.782. The minimum Gasteiger partial charge on any atom is -0.481 e. The fourth-order valence-electron chi connectivity index (χ4n) is 1.62. The lowest BCUT2D eigenvalue weighted by Crippen LogP contribution is -2.36. The van der Waals surface area contributed by atoms with Crippen molar-refractivity contribution in [2.75, 3.05) is 19.3 Å². The molecule has 18 heavy (non-hydrogen) atoms. The Morgan fingerprint density at radius 2 is 2.00 bits per heavy atom. The van der Waals surface area contributed by atoms with E-state index in [4.69, 9.17) is 0 Å². The lowest BCUT2D eigenvalue weighted by atomic mass is 9.99. The Morgan fingerprint density at radius 1 is 1.39 bits per heavy atom. The Labute approximate surface area is 113 Å². The van der Waals surface area contributed by atoms with Crippen molar-refractivity contribution in [1.82, 2.24) is 5.32 Å². The van der Waals surface area contributed by atoms with E-state index >= 15 is 0 Å². The second kappa shape index (κ2) is 6.81. The molecule has 0 saturated carbocycles. The van der Waals surface area contributed by atoms with Crippen molar-refractivity contribution < 1.29 is 9.90 Å². The summed E-state index contributed by atoms with van der Waals surface area (Å²) in [5.74, 6) is -1.26. The monoisotopic (exact) mass is 267 g/mol. The standard InChI is InChI=1S/C14H21NO2S/c1-14(2,18-3)10-15-9-12(13(16)17)11-7-5-4-6-8-11/h4-8,12,15H,9-10H2,1-3H3,(H,16,17). The molecule has 3 nitrogen and oxygen atoms in total. The van der Waals surface area contributed by atoms with E-state index in [1.54, 1.807) is 11.8 Å². The van der Waals surface area contributed by atoms with Gasteiger partial charge in [0.15, 0.2) is 0 Å². The lowest BCUT2D eigenvalue weighted by Gasteiger charge is -2.23. The summed E-state index contributed by atoms with van der Waals surface area (Å²) < 4.78 is 0.125. The topological polar surface area (TPSA) is 49.3 Å². The highest BCUT2D eigenvalue weighted by atomic mass is 32.2. The predicted octanol–water partition coefficient (Wildman–Crippen LogP) is 2.59. The van der Waals surface area contributed by atoms with Crippen LogP contribution in [0.4, 0.5) is 0 Å². The number of rotatable bonds is 7. The van der Waals surface area contributed by atoms with Crippen LogP contribution in [0, 0.1) is 0 Å². The zero-order valence-corrected chi connectivity index (χ0v) is 12.0. The molecule has 0 bridgehead atoms. The fraction of sp³-hybridized carbons (Fsp3) is 0.500. The maximum Gasteiger partial charge on any atom is 0.312 e. The Morgan fingerprint density at radius 3 is 2.50 bits per heavy atom. The van der Waals surface area contributed by atoms with Gasteiger partial charge in [-0.3, -0.25) is 4.79 Å². The van der Waals surface area contributed by atoms with E-state index in [1.807, 2.05) is 30.3 Å². The Hall–Kier alpha value is -1.00.